The molecule has 7 nitrogen and oxygen atoms in total. The first-order valence-electron chi connectivity index (χ1n) is 6.93. The Labute approximate surface area is 132 Å². The highest BCUT2D eigenvalue weighted by Gasteiger charge is 2.13. The maximum atomic E-state index is 5.95. The van der Waals surface area contributed by atoms with E-state index in [2.05, 4.69) is 15.1 Å². The molecule has 0 saturated carbocycles. The van der Waals surface area contributed by atoms with Gasteiger partial charge in [0.2, 0.25) is 11.7 Å². The fraction of sp³-hybridized carbons (Fsp3) is 0.357. The SMILES string of the molecule is NC(=NCc1nc(-c2cccc(Cl)c2)no1)N1CCOCC1. The quantitative estimate of drug-likeness (QED) is 0.681. The molecule has 0 aliphatic carbocycles. The highest BCUT2D eigenvalue weighted by atomic mass is 35.5. The zero-order chi connectivity index (χ0) is 15.4. The fourth-order valence-corrected chi connectivity index (χ4v) is 2.30. The Kier molecular flexibility index (Phi) is 4.55. The Morgan fingerprint density at radius 3 is 2.95 bits per heavy atom. The summed E-state index contributed by atoms with van der Waals surface area (Å²) in [6.45, 7) is 3.06. The van der Waals surface area contributed by atoms with E-state index in [1.807, 2.05) is 17.0 Å². The topological polar surface area (TPSA) is 89.8 Å². The lowest BCUT2D eigenvalue weighted by Crippen LogP contribution is -2.44. The van der Waals surface area contributed by atoms with Crippen molar-refractivity contribution in [3.63, 3.8) is 0 Å². The second-order valence-corrected chi connectivity index (χ2v) is 5.23. The molecule has 1 aliphatic heterocycles. The van der Waals surface area contributed by atoms with Crippen LogP contribution in [0.2, 0.25) is 5.02 Å². The second-order valence-electron chi connectivity index (χ2n) is 4.80. The molecule has 1 aromatic carbocycles. The molecule has 3 rings (SSSR count). The van der Waals surface area contributed by atoms with Crippen LogP contribution in [0.25, 0.3) is 11.4 Å². The lowest BCUT2D eigenvalue weighted by molar-refractivity contribution is 0.0674. The predicted molar refractivity (Wildman–Crippen MR) is 82.5 cm³/mol. The Morgan fingerprint density at radius 1 is 1.36 bits per heavy atom. The maximum absolute atomic E-state index is 5.95. The summed E-state index contributed by atoms with van der Waals surface area (Å²) in [5.74, 6) is 1.36. The molecule has 22 heavy (non-hydrogen) atoms. The van der Waals surface area contributed by atoms with E-state index in [9.17, 15) is 0 Å². The number of hydrogen-bond acceptors (Lipinski definition) is 5. The standard InChI is InChI=1S/C14H16ClN5O2/c15-11-3-1-2-10(8-11)13-18-12(22-19-13)9-17-14(16)20-4-6-21-7-5-20/h1-3,8H,4-7,9H2,(H2,16,17). The van der Waals surface area contributed by atoms with Gasteiger partial charge >= 0.3 is 0 Å². The van der Waals surface area contributed by atoms with Gasteiger partial charge in [-0.2, -0.15) is 4.98 Å². The van der Waals surface area contributed by atoms with Gasteiger partial charge in [-0.1, -0.05) is 28.9 Å². The first-order chi connectivity index (χ1) is 10.7. The van der Waals surface area contributed by atoms with Gasteiger partial charge in [0.15, 0.2) is 5.96 Å². The van der Waals surface area contributed by atoms with E-state index >= 15 is 0 Å². The molecule has 1 saturated heterocycles. The van der Waals surface area contributed by atoms with Crippen molar-refractivity contribution in [2.75, 3.05) is 26.3 Å². The van der Waals surface area contributed by atoms with Gasteiger partial charge in [0, 0.05) is 23.7 Å². The molecular formula is C14H16ClN5O2. The zero-order valence-electron chi connectivity index (χ0n) is 11.9. The van der Waals surface area contributed by atoms with Gasteiger partial charge in [0.05, 0.1) is 13.2 Å². The van der Waals surface area contributed by atoms with Crippen molar-refractivity contribution in [1.29, 1.82) is 0 Å². The molecule has 1 aliphatic rings. The minimum absolute atomic E-state index is 0.247. The van der Waals surface area contributed by atoms with E-state index in [4.69, 9.17) is 26.6 Å². The highest BCUT2D eigenvalue weighted by Crippen LogP contribution is 2.20. The van der Waals surface area contributed by atoms with Crippen molar-refractivity contribution in [3.8, 4) is 11.4 Å². The molecule has 8 heteroatoms. The van der Waals surface area contributed by atoms with E-state index in [0.717, 1.165) is 18.7 Å². The van der Waals surface area contributed by atoms with Crippen LogP contribution in [0.5, 0.6) is 0 Å². The van der Waals surface area contributed by atoms with Gasteiger partial charge in [-0.25, -0.2) is 4.99 Å². The number of aromatic nitrogens is 2. The number of aliphatic imine (C=N–C) groups is 1. The normalized spacial score (nSPS) is 16.0. The van der Waals surface area contributed by atoms with Crippen LogP contribution in [0.3, 0.4) is 0 Å². The largest absolute Gasteiger partial charge is 0.378 e. The zero-order valence-corrected chi connectivity index (χ0v) is 12.7. The Morgan fingerprint density at radius 2 is 2.18 bits per heavy atom. The predicted octanol–water partition coefficient (Wildman–Crippen LogP) is 1.54. The molecule has 0 spiro atoms. The minimum Gasteiger partial charge on any atom is -0.378 e. The number of halogens is 1. The van der Waals surface area contributed by atoms with Gasteiger partial charge in [-0.05, 0) is 12.1 Å². The molecule has 1 fully saturated rings. The second kappa shape index (κ2) is 6.76. The third kappa shape index (κ3) is 3.55. The Bertz CT molecular complexity index is 667. The maximum Gasteiger partial charge on any atom is 0.248 e. The molecule has 0 atom stereocenters. The summed E-state index contributed by atoms with van der Waals surface area (Å²) in [5, 5.41) is 4.55. The first-order valence-corrected chi connectivity index (χ1v) is 7.31. The van der Waals surface area contributed by atoms with E-state index in [-0.39, 0.29) is 6.54 Å². The number of ether oxygens (including phenoxy) is 1. The summed E-state index contributed by atoms with van der Waals surface area (Å²) >= 11 is 5.95. The summed E-state index contributed by atoms with van der Waals surface area (Å²) in [6.07, 6.45) is 0. The van der Waals surface area contributed by atoms with Crippen LogP contribution in [0.1, 0.15) is 5.89 Å². The Balaban J connectivity index is 1.66. The van der Waals surface area contributed by atoms with Gasteiger partial charge < -0.3 is 19.9 Å². The lowest BCUT2D eigenvalue weighted by Gasteiger charge is -2.27. The average molecular weight is 322 g/mol. The molecule has 2 N–H and O–H groups in total. The summed E-state index contributed by atoms with van der Waals surface area (Å²) in [4.78, 5) is 10.6. The van der Waals surface area contributed by atoms with Crippen LogP contribution >= 0.6 is 11.6 Å². The Hall–Kier alpha value is -2.12. The molecule has 0 unspecified atom stereocenters. The van der Waals surface area contributed by atoms with Gasteiger partial charge in [-0.15, -0.1) is 0 Å². The summed E-state index contributed by atoms with van der Waals surface area (Å²) in [5.41, 5.74) is 6.75. The molecular weight excluding hydrogens is 306 g/mol. The molecule has 116 valence electrons. The summed E-state index contributed by atoms with van der Waals surface area (Å²) < 4.78 is 10.5. The van der Waals surface area contributed by atoms with Crippen LogP contribution in [0.4, 0.5) is 0 Å². The molecule has 1 aromatic heterocycles. The van der Waals surface area contributed by atoms with E-state index in [1.165, 1.54) is 0 Å². The van der Waals surface area contributed by atoms with Crippen LogP contribution in [0, 0.1) is 0 Å². The first kappa shape index (κ1) is 14.8. The van der Waals surface area contributed by atoms with E-state index in [1.54, 1.807) is 12.1 Å². The van der Waals surface area contributed by atoms with Crippen LogP contribution in [0.15, 0.2) is 33.8 Å². The average Bonchev–Trinajstić information content (AvgIpc) is 3.02. The number of nitrogens with two attached hydrogens (primary N) is 1. The smallest absolute Gasteiger partial charge is 0.248 e. The molecule has 2 aromatic rings. The van der Waals surface area contributed by atoms with Crippen LogP contribution in [-0.4, -0.2) is 47.3 Å². The van der Waals surface area contributed by atoms with Gasteiger partial charge in [0.25, 0.3) is 0 Å². The van der Waals surface area contributed by atoms with Crippen LogP contribution in [-0.2, 0) is 11.3 Å². The van der Waals surface area contributed by atoms with Crippen molar-refractivity contribution in [2.45, 2.75) is 6.54 Å². The van der Waals surface area contributed by atoms with Crippen molar-refractivity contribution in [2.24, 2.45) is 10.7 Å². The molecule has 0 bridgehead atoms. The number of guanidine groups is 1. The third-order valence-electron chi connectivity index (χ3n) is 3.26. The number of benzene rings is 1. The van der Waals surface area contributed by atoms with E-state index in [0.29, 0.717) is 35.9 Å². The number of rotatable bonds is 3. The third-order valence-corrected chi connectivity index (χ3v) is 3.50. The number of morpholine rings is 1. The van der Waals surface area contributed by atoms with E-state index < -0.39 is 0 Å². The monoisotopic (exact) mass is 321 g/mol. The highest BCUT2D eigenvalue weighted by molar-refractivity contribution is 6.30. The molecule has 2 heterocycles. The van der Waals surface area contributed by atoms with Crippen molar-refractivity contribution < 1.29 is 9.26 Å². The van der Waals surface area contributed by atoms with Crippen molar-refractivity contribution in [3.05, 3.63) is 35.2 Å². The van der Waals surface area contributed by atoms with Crippen molar-refractivity contribution in [1.82, 2.24) is 15.0 Å². The van der Waals surface area contributed by atoms with Gasteiger partial charge in [0.1, 0.15) is 6.54 Å². The van der Waals surface area contributed by atoms with Gasteiger partial charge in [-0.3, -0.25) is 0 Å². The minimum atomic E-state index is 0.247. The number of nitrogens with zero attached hydrogens (tertiary/aromatic N) is 4. The fourth-order valence-electron chi connectivity index (χ4n) is 2.10. The molecule has 0 radical (unpaired) electrons. The molecule has 0 amide bonds. The van der Waals surface area contributed by atoms with Crippen LogP contribution < -0.4 is 5.73 Å². The summed E-state index contributed by atoms with van der Waals surface area (Å²) in [6, 6.07) is 7.27. The summed E-state index contributed by atoms with van der Waals surface area (Å²) in [7, 11) is 0. The number of hydrogen-bond donors (Lipinski definition) is 1. The lowest BCUT2D eigenvalue weighted by atomic mass is 10.2. The van der Waals surface area contributed by atoms with Crippen molar-refractivity contribution >= 4 is 17.6 Å².